The molecule has 0 fully saturated rings. The molecule has 0 atom stereocenters. The molecule has 1 aromatic heterocycles. The summed E-state index contributed by atoms with van der Waals surface area (Å²) >= 11 is 0. The van der Waals surface area contributed by atoms with Crippen LogP contribution in [0, 0.1) is 6.92 Å². The minimum Gasteiger partial charge on any atom is -0.306 e. The van der Waals surface area contributed by atoms with Gasteiger partial charge in [0.15, 0.2) is 0 Å². The van der Waals surface area contributed by atoms with Crippen molar-refractivity contribution in [3.05, 3.63) is 48.0 Å². The topological polar surface area (TPSA) is 34.9 Å². The molecule has 3 nitrogen and oxygen atoms in total. The van der Waals surface area contributed by atoms with Crippen molar-refractivity contribution in [2.45, 2.75) is 13.3 Å². The molecule has 0 saturated heterocycles. The van der Waals surface area contributed by atoms with Gasteiger partial charge in [-0.3, -0.25) is 0 Å². The van der Waals surface area contributed by atoms with Crippen LogP contribution in [-0.2, 0) is 11.2 Å². The Morgan fingerprint density at radius 3 is 2.73 bits per heavy atom. The van der Waals surface area contributed by atoms with Gasteiger partial charge in [0.05, 0.1) is 12.0 Å². The molecule has 0 aliphatic carbocycles. The van der Waals surface area contributed by atoms with Crippen molar-refractivity contribution >= 4 is 6.29 Å². The second-order valence-electron chi connectivity index (χ2n) is 3.48. The molecule has 3 heteroatoms. The minimum absolute atomic E-state index is 0.374. The summed E-state index contributed by atoms with van der Waals surface area (Å²) in [5, 5.41) is 0. The molecule has 1 aromatic carbocycles. The Kier molecular flexibility index (Phi) is 2.63. The van der Waals surface area contributed by atoms with E-state index < -0.39 is 0 Å². The van der Waals surface area contributed by atoms with Gasteiger partial charge >= 0.3 is 0 Å². The number of aryl methyl sites for hydroxylation is 1. The number of carbonyl (C=O) groups is 1. The van der Waals surface area contributed by atoms with Crippen molar-refractivity contribution in [2.75, 3.05) is 0 Å². The van der Waals surface area contributed by atoms with Crippen molar-refractivity contribution in [3.8, 4) is 5.69 Å². The second-order valence-corrected chi connectivity index (χ2v) is 3.48. The smallest absolute Gasteiger partial charge is 0.125 e. The zero-order valence-electron chi connectivity index (χ0n) is 8.55. The Morgan fingerprint density at radius 1 is 1.33 bits per heavy atom. The van der Waals surface area contributed by atoms with Gasteiger partial charge in [-0.2, -0.15) is 0 Å². The van der Waals surface area contributed by atoms with Crippen molar-refractivity contribution in [1.29, 1.82) is 0 Å². The Labute approximate surface area is 88.4 Å². The summed E-state index contributed by atoms with van der Waals surface area (Å²) in [6, 6.07) is 8.16. The van der Waals surface area contributed by atoms with Gasteiger partial charge in [-0.1, -0.05) is 17.7 Å². The molecule has 0 aliphatic heterocycles. The Hall–Kier alpha value is -1.90. The Balaban J connectivity index is 2.28. The van der Waals surface area contributed by atoms with E-state index in [-0.39, 0.29) is 0 Å². The molecule has 2 rings (SSSR count). The number of imidazole rings is 1. The highest BCUT2D eigenvalue weighted by atomic mass is 16.1. The first-order valence-electron chi connectivity index (χ1n) is 4.83. The first-order valence-corrected chi connectivity index (χ1v) is 4.83. The summed E-state index contributed by atoms with van der Waals surface area (Å²) in [7, 11) is 0. The zero-order valence-corrected chi connectivity index (χ0v) is 8.55. The van der Waals surface area contributed by atoms with Crippen LogP contribution in [-0.4, -0.2) is 15.8 Å². The average Bonchev–Trinajstić information content (AvgIpc) is 2.68. The number of hydrogen-bond donors (Lipinski definition) is 0. The lowest BCUT2D eigenvalue weighted by Gasteiger charge is -2.01. The summed E-state index contributed by atoms with van der Waals surface area (Å²) in [5.41, 5.74) is 3.09. The number of aldehydes is 1. The van der Waals surface area contributed by atoms with E-state index in [4.69, 9.17) is 0 Å². The quantitative estimate of drug-likeness (QED) is 0.709. The summed E-state index contributed by atoms with van der Waals surface area (Å²) in [4.78, 5) is 14.5. The van der Waals surface area contributed by atoms with Crippen LogP contribution < -0.4 is 0 Å². The molecule has 0 aliphatic rings. The first-order chi connectivity index (χ1) is 7.29. The van der Waals surface area contributed by atoms with Crippen molar-refractivity contribution in [3.63, 3.8) is 0 Å². The molecule has 0 radical (unpaired) electrons. The van der Waals surface area contributed by atoms with Crippen LogP contribution in [0.25, 0.3) is 5.69 Å². The summed E-state index contributed by atoms with van der Waals surface area (Å²) in [6.07, 6.45) is 4.84. The molecule has 2 aromatic rings. The van der Waals surface area contributed by atoms with E-state index in [0.29, 0.717) is 6.42 Å². The fraction of sp³-hybridized carbons (Fsp3) is 0.167. The van der Waals surface area contributed by atoms with E-state index in [9.17, 15) is 4.79 Å². The van der Waals surface area contributed by atoms with Crippen molar-refractivity contribution in [1.82, 2.24) is 9.55 Å². The highest BCUT2D eigenvalue weighted by molar-refractivity contribution is 5.53. The molecule has 0 saturated carbocycles. The Bertz CT molecular complexity index is 457. The standard InChI is InChI=1S/C12H12N2O/c1-10-2-4-12(5-3-10)14-8-11(6-7-15)13-9-14/h2-5,7-9H,6H2,1H3. The lowest BCUT2D eigenvalue weighted by atomic mass is 10.2. The van der Waals surface area contributed by atoms with Gasteiger partial charge in [-0.05, 0) is 19.1 Å². The van der Waals surface area contributed by atoms with Crippen LogP contribution in [0.3, 0.4) is 0 Å². The van der Waals surface area contributed by atoms with Gasteiger partial charge in [0.25, 0.3) is 0 Å². The van der Waals surface area contributed by atoms with Gasteiger partial charge in [-0.15, -0.1) is 0 Å². The Morgan fingerprint density at radius 2 is 2.07 bits per heavy atom. The summed E-state index contributed by atoms with van der Waals surface area (Å²) < 4.78 is 1.91. The number of aromatic nitrogens is 2. The van der Waals surface area contributed by atoms with E-state index >= 15 is 0 Å². The molecule has 15 heavy (non-hydrogen) atoms. The van der Waals surface area contributed by atoms with Crippen LogP contribution in [0.15, 0.2) is 36.8 Å². The summed E-state index contributed by atoms with van der Waals surface area (Å²) in [6.45, 7) is 2.05. The predicted octanol–water partition coefficient (Wildman–Crippen LogP) is 1.92. The molecule has 0 N–H and O–H groups in total. The predicted molar refractivity (Wildman–Crippen MR) is 58.1 cm³/mol. The molecule has 0 spiro atoms. The largest absolute Gasteiger partial charge is 0.306 e. The molecule has 0 unspecified atom stereocenters. The van der Waals surface area contributed by atoms with E-state index in [1.807, 2.05) is 22.9 Å². The fourth-order valence-corrected chi connectivity index (χ4v) is 1.41. The van der Waals surface area contributed by atoms with E-state index in [1.54, 1.807) is 6.33 Å². The number of hydrogen-bond acceptors (Lipinski definition) is 2. The summed E-state index contributed by atoms with van der Waals surface area (Å²) in [5.74, 6) is 0. The number of carbonyl (C=O) groups excluding carboxylic acids is 1. The first kappa shape index (κ1) is 9.65. The zero-order chi connectivity index (χ0) is 10.7. The second kappa shape index (κ2) is 4.09. The van der Waals surface area contributed by atoms with E-state index in [0.717, 1.165) is 17.7 Å². The minimum atomic E-state index is 0.374. The van der Waals surface area contributed by atoms with Crippen LogP contribution in [0.5, 0.6) is 0 Å². The van der Waals surface area contributed by atoms with E-state index in [2.05, 4.69) is 24.0 Å². The van der Waals surface area contributed by atoms with Crippen LogP contribution in [0.1, 0.15) is 11.3 Å². The lowest BCUT2D eigenvalue weighted by Crippen LogP contribution is -1.89. The third-order valence-corrected chi connectivity index (χ3v) is 2.26. The molecule has 0 bridgehead atoms. The average molecular weight is 200 g/mol. The van der Waals surface area contributed by atoms with Gasteiger partial charge in [0, 0.05) is 18.3 Å². The van der Waals surface area contributed by atoms with Gasteiger partial charge in [-0.25, -0.2) is 4.98 Å². The van der Waals surface area contributed by atoms with Crippen LogP contribution >= 0.6 is 0 Å². The number of benzene rings is 1. The fourth-order valence-electron chi connectivity index (χ4n) is 1.41. The molecular formula is C12H12N2O. The highest BCUT2D eigenvalue weighted by Crippen LogP contribution is 2.09. The van der Waals surface area contributed by atoms with Gasteiger partial charge in [0.1, 0.15) is 6.29 Å². The molecule has 76 valence electrons. The third kappa shape index (κ3) is 2.13. The number of rotatable bonds is 3. The maximum Gasteiger partial charge on any atom is 0.125 e. The SMILES string of the molecule is Cc1ccc(-n2cnc(CC=O)c2)cc1. The molecule has 1 heterocycles. The maximum atomic E-state index is 10.3. The van der Waals surface area contributed by atoms with Crippen LogP contribution in [0.2, 0.25) is 0 Å². The van der Waals surface area contributed by atoms with Crippen LogP contribution in [0.4, 0.5) is 0 Å². The third-order valence-electron chi connectivity index (χ3n) is 2.26. The maximum absolute atomic E-state index is 10.3. The lowest BCUT2D eigenvalue weighted by molar-refractivity contribution is -0.107. The molecular weight excluding hydrogens is 188 g/mol. The monoisotopic (exact) mass is 200 g/mol. The number of nitrogens with zero attached hydrogens (tertiary/aromatic N) is 2. The van der Waals surface area contributed by atoms with Gasteiger partial charge < -0.3 is 9.36 Å². The van der Waals surface area contributed by atoms with Crippen molar-refractivity contribution < 1.29 is 4.79 Å². The van der Waals surface area contributed by atoms with Crippen molar-refractivity contribution in [2.24, 2.45) is 0 Å². The van der Waals surface area contributed by atoms with E-state index in [1.165, 1.54) is 5.56 Å². The molecule has 0 amide bonds. The van der Waals surface area contributed by atoms with Gasteiger partial charge in [0.2, 0.25) is 0 Å². The normalized spacial score (nSPS) is 10.2. The highest BCUT2D eigenvalue weighted by Gasteiger charge is 1.99.